The van der Waals surface area contributed by atoms with Crippen molar-refractivity contribution in [2.45, 2.75) is 51.7 Å². The second-order valence-electron chi connectivity index (χ2n) is 9.41. The van der Waals surface area contributed by atoms with E-state index in [2.05, 4.69) is 4.90 Å². The molecule has 0 N–H and O–H groups in total. The van der Waals surface area contributed by atoms with Gasteiger partial charge in [-0.3, -0.25) is 14.5 Å². The van der Waals surface area contributed by atoms with E-state index in [4.69, 9.17) is 14.2 Å². The highest BCUT2D eigenvalue weighted by atomic mass is 16.6. The molecular formula is C26H31NO5. The maximum absolute atomic E-state index is 12.0. The number of fused-ring (bicyclic) bond motifs is 1. The molecule has 0 saturated carbocycles. The van der Waals surface area contributed by atoms with Crippen LogP contribution in [0.25, 0.3) is 0 Å². The number of rotatable bonds is 6. The van der Waals surface area contributed by atoms with Crippen molar-refractivity contribution in [2.75, 3.05) is 26.2 Å². The predicted octanol–water partition coefficient (Wildman–Crippen LogP) is 4.71. The number of Topliss-reactive ketones (excluding diaryl/α,β-unsaturated/α-hetero) is 1. The van der Waals surface area contributed by atoms with Gasteiger partial charge in [0.15, 0.2) is 5.78 Å². The topological polar surface area (TPSA) is 65.1 Å². The van der Waals surface area contributed by atoms with E-state index in [1.807, 2.05) is 63.2 Å². The van der Waals surface area contributed by atoms with Crippen molar-refractivity contribution >= 4 is 11.8 Å². The molecule has 1 atom stereocenters. The molecule has 0 aromatic heterocycles. The smallest absolute Gasteiger partial charge is 0.307 e. The van der Waals surface area contributed by atoms with Gasteiger partial charge >= 0.3 is 5.97 Å². The normalized spacial score (nSPS) is 19.0. The second-order valence-corrected chi connectivity index (χ2v) is 9.41. The van der Waals surface area contributed by atoms with Crippen molar-refractivity contribution in [1.82, 2.24) is 4.90 Å². The molecule has 170 valence electrons. The summed E-state index contributed by atoms with van der Waals surface area (Å²) < 4.78 is 17.4. The molecule has 2 aliphatic rings. The van der Waals surface area contributed by atoms with E-state index in [0.717, 1.165) is 47.7 Å². The molecule has 4 rings (SSSR count). The molecule has 1 aliphatic carbocycles. The minimum Gasteiger partial charge on any atom is -0.460 e. The van der Waals surface area contributed by atoms with Crippen molar-refractivity contribution in [3.63, 3.8) is 0 Å². The minimum absolute atomic E-state index is 0.0394. The van der Waals surface area contributed by atoms with Gasteiger partial charge in [-0.05, 0) is 68.7 Å². The van der Waals surface area contributed by atoms with Gasteiger partial charge in [0.2, 0.25) is 0 Å². The van der Waals surface area contributed by atoms with Crippen LogP contribution in [0.4, 0.5) is 0 Å². The highest BCUT2D eigenvalue weighted by Gasteiger charge is 2.24. The number of aryl methyl sites for hydroxylation is 1. The Labute approximate surface area is 189 Å². The number of hydrogen-bond donors (Lipinski definition) is 0. The quantitative estimate of drug-likeness (QED) is 0.610. The fraction of sp³-hybridized carbons (Fsp3) is 0.462. The molecule has 1 saturated heterocycles. The molecule has 0 amide bonds. The monoisotopic (exact) mass is 437 g/mol. The van der Waals surface area contributed by atoms with Gasteiger partial charge in [-0.2, -0.15) is 0 Å². The molecule has 2 aromatic rings. The predicted molar refractivity (Wildman–Crippen MR) is 121 cm³/mol. The van der Waals surface area contributed by atoms with E-state index in [1.54, 1.807) is 0 Å². The lowest BCUT2D eigenvalue weighted by Gasteiger charge is -2.33. The lowest BCUT2D eigenvalue weighted by molar-refractivity contribution is -0.155. The maximum atomic E-state index is 12.0. The number of carbonyl (C=O) groups is 2. The molecule has 0 radical (unpaired) electrons. The standard InChI is InChI=1S/C26H31NO5/c1-26(2,3)32-25(29)12-13-27-14-15-30-24(17-27)18-4-7-20(8-5-18)31-21-9-10-22-19(16-21)6-11-23(22)28/h4-5,7-10,16,24H,6,11-15,17H2,1-3H3. The summed E-state index contributed by atoms with van der Waals surface area (Å²) in [7, 11) is 0. The fourth-order valence-electron chi connectivity index (χ4n) is 4.13. The van der Waals surface area contributed by atoms with Crippen molar-refractivity contribution in [3.05, 3.63) is 59.2 Å². The summed E-state index contributed by atoms with van der Waals surface area (Å²) in [5, 5.41) is 0. The van der Waals surface area contributed by atoms with Crippen molar-refractivity contribution in [1.29, 1.82) is 0 Å². The summed E-state index contributed by atoms with van der Waals surface area (Å²) in [5.74, 6) is 1.53. The van der Waals surface area contributed by atoms with Crippen molar-refractivity contribution in [3.8, 4) is 11.5 Å². The average Bonchev–Trinajstić information content (AvgIpc) is 3.12. The first-order chi connectivity index (χ1) is 15.3. The highest BCUT2D eigenvalue weighted by Crippen LogP contribution is 2.30. The molecule has 0 spiro atoms. The number of morpholine rings is 1. The van der Waals surface area contributed by atoms with E-state index in [0.29, 0.717) is 26.0 Å². The van der Waals surface area contributed by atoms with Crippen molar-refractivity contribution in [2.24, 2.45) is 0 Å². The lowest BCUT2D eigenvalue weighted by atomic mass is 10.1. The van der Waals surface area contributed by atoms with Crippen LogP contribution in [-0.2, 0) is 20.7 Å². The summed E-state index contributed by atoms with van der Waals surface area (Å²) in [4.78, 5) is 26.0. The third-order valence-corrected chi connectivity index (χ3v) is 5.69. The van der Waals surface area contributed by atoms with Gasteiger partial charge in [0.1, 0.15) is 17.1 Å². The molecule has 1 heterocycles. The molecular weight excluding hydrogens is 406 g/mol. The number of benzene rings is 2. The first-order valence-electron chi connectivity index (χ1n) is 11.3. The van der Waals surface area contributed by atoms with E-state index in [9.17, 15) is 9.59 Å². The van der Waals surface area contributed by atoms with Crippen LogP contribution in [0.15, 0.2) is 42.5 Å². The van der Waals surface area contributed by atoms with Crippen LogP contribution in [0.3, 0.4) is 0 Å². The molecule has 32 heavy (non-hydrogen) atoms. The summed E-state index contributed by atoms with van der Waals surface area (Å²) >= 11 is 0. The highest BCUT2D eigenvalue weighted by molar-refractivity contribution is 6.00. The number of ether oxygens (including phenoxy) is 3. The van der Waals surface area contributed by atoms with Gasteiger partial charge in [0.05, 0.1) is 19.1 Å². The molecule has 1 aliphatic heterocycles. The molecule has 1 unspecified atom stereocenters. The van der Waals surface area contributed by atoms with Gasteiger partial charge in [-0.1, -0.05) is 12.1 Å². The fourth-order valence-corrected chi connectivity index (χ4v) is 4.13. The third kappa shape index (κ3) is 5.75. The first-order valence-corrected chi connectivity index (χ1v) is 11.3. The molecule has 1 fully saturated rings. The Hall–Kier alpha value is -2.70. The summed E-state index contributed by atoms with van der Waals surface area (Å²) in [6, 6.07) is 13.6. The van der Waals surface area contributed by atoms with Crippen LogP contribution in [0.1, 0.15) is 61.2 Å². The summed E-state index contributed by atoms with van der Waals surface area (Å²) in [6.45, 7) is 8.49. The Bertz CT molecular complexity index is 977. The van der Waals surface area contributed by atoms with Crippen LogP contribution < -0.4 is 4.74 Å². The Kier molecular flexibility index (Phi) is 6.63. The number of hydrogen-bond acceptors (Lipinski definition) is 6. The van der Waals surface area contributed by atoms with Gasteiger partial charge in [-0.15, -0.1) is 0 Å². The van der Waals surface area contributed by atoms with Crippen molar-refractivity contribution < 1.29 is 23.8 Å². The first kappa shape index (κ1) is 22.5. The molecule has 2 aromatic carbocycles. The lowest BCUT2D eigenvalue weighted by Crippen LogP contribution is -2.39. The van der Waals surface area contributed by atoms with Crippen LogP contribution in [0.2, 0.25) is 0 Å². The van der Waals surface area contributed by atoms with Crippen LogP contribution in [0, 0.1) is 0 Å². The van der Waals surface area contributed by atoms with Gasteiger partial charge < -0.3 is 14.2 Å². The van der Waals surface area contributed by atoms with Crippen LogP contribution >= 0.6 is 0 Å². The molecule has 0 bridgehead atoms. The number of carbonyl (C=O) groups excluding carboxylic acids is 2. The van der Waals surface area contributed by atoms with E-state index < -0.39 is 5.60 Å². The Morgan fingerprint density at radius 1 is 1.09 bits per heavy atom. The zero-order valence-corrected chi connectivity index (χ0v) is 19.1. The maximum Gasteiger partial charge on any atom is 0.307 e. The van der Waals surface area contributed by atoms with E-state index in [1.165, 1.54) is 0 Å². The number of esters is 1. The summed E-state index contributed by atoms with van der Waals surface area (Å²) in [6.07, 6.45) is 1.71. The zero-order chi connectivity index (χ0) is 22.7. The molecule has 6 heteroatoms. The van der Waals surface area contributed by atoms with Crippen LogP contribution in [-0.4, -0.2) is 48.5 Å². The van der Waals surface area contributed by atoms with Crippen LogP contribution in [0.5, 0.6) is 11.5 Å². The largest absolute Gasteiger partial charge is 0.460 e. The average molecular weight is 438 g/mol. The second kappa shape index (κ2) is 9.43. The minimum atomic E-state index is -0.453. The number of nitrogens with zero attached hydrogens (tertiary/aromatic N) is 1. The van der Waals surface area contributed by atoms with E-state index >= 15 is 0 Å². The Morgan fingerprint density at radius 2 is 1.84 bits per heavy atom. The van der Waals surface area contributed by atoms with Gasteiger partial charge in [0.25, 0.3) is 0 Å². The Balaban J connectivity index is 1.31. The van der Waals surface area contributed by atoms with E-state index in [-0.39, 0.29) is 17.9 Å². The Morgan fingerprint density at radius 3 is 2.59 bits per heavy atom. The third-order valence-electron chi connectivity index (χ3n) is 5.69. The number of ketones is 1. The SMILES string of the molecule is CC(C)(C)OC(=O)CCN1CCOC(c2ccc(Oc3ccc4c(c3)CCC4=O)cc2)C1. The zero-order valence-electron chi connectivity index (χ0n) is 19.1. The molecule has 6 nitrogen and oxygen atoms in total. The van der Waals surface area contributed by atoms with Gasteiger partial charge in [0, 0.05) is 31.6 Å². The van der Waals surface area contributed by atoms with Gasteiger partial charge in [-0.25, -0.2) is 0 Å². The summed E-state index contributed by atoms with van der Waals surface area (Å²) in [5.41, 5.74) is 2.51.